The zero-order chi connectivity index (χ0) is 42.4. The van der Waals surface area contributed by atoms with Gasteiger partial charge in [0, 0.05) is 51.0 Å². The summed E-state index contributed by atoms with van der Waals surface area (Å²) in [6, 6.07) is 53.7. The van der Waals surface area contributed by atoms with Gasteiger partial charge in [0.25, 0.3) is 5.91 Å². The van der Waals surface area contributed by atoms with E-state index in [0.717, 1.165) is 90.2 Å². The lowest BCUT2D eigenvalue weighted by Gasteiger charge is -2.25. The minimum absolute atomic E-state index is 0.214. The highest BCUT2D eigenvalue weighted by Gasteiger charge is 2.25. The van der Waals surface area contributed by atoms with E-state index in [-0.39, 0.29) is 11.5 Å². The number of carbonyl (C=O) groups excluding carboxylic acids is 1. The van der Waals surface area contributed by atoms with E-state index in [2.05, 4.69) is 57.3 Å². The standard InChI is InChI=1S/C55H41N5O3/c61-54(57-42-22-23-44-41(31-42)32-45(34-11-4-1-5-12-34)52(55(62)63)51(44)38-19-24-46-36(29-38)15-10-28-56-46)40-21-27-50-49(33-40)59-53(60(50)43-16-8-3-9-17-43)39-20-26-48-37(30-39)18-25-47(58-48)35-13-6-2-7-14-35/h1-2,4-7,10-15,18-33,43H,3,8-9,16-17H2,(H,57,61)(H,62,63). The van der Waals surface area contributed by atoms with Gasteiger partial charge >= 0.3 is 5.97 Å². The average Bonchev–Trinajstić information content (AvgIpc) is 3.72. The lowest BCUT2D eigenvalue weighted by Crippen LogP contribution is -2.14. The Morgan fingerprint density at radius 1 is 0.587 bits per heavy atom. The third kappa shape index (κ3) is 7.05. The molecule has 0 bridgehead atoms. The molecule has 1 amide bonds. The van der Waals surface area contributed by atoms with Gasteiger partial charge in [-0.2, -0.15) is 0 Å². The summed E-state index contributed by atoms with van der Waals surface area (Å²) in [6.45, 7) is 0. The van der Waals surface area contributed by atoms with Crippen molar-refractivity contribution < 1.29 is 14.7 Å². The number of carboxylic acid groups (broad SMARTS) is 1. The zero-order valence-corrected chi connectivity index (χ0v) is 34.3. The second-order valence-electron chi connectivity index (χ2n) is 16.4. The van der Waals surface area contributed by atoms with Gasteiger partial charge in [-0.1, -0.05) is 104 Å². The minimum atomic E-state index is -1.02. The Labute approximate surface area is 363 Å². The molecule has 304 valence electrons. The Hall–Kier alpha value is -7.97. The number of amides is 1. The summed E-state index contributed by atoms with van der Waals surface area (Å²) in [7, 11) is 0. The Kier molecular flexibility index (Phi) is 9.53. The van der Waals surface area contributed by atoms with Gasteiger partial charge in [-0.25, -0.2) is 14.8 Å². The van der Waals surface area contributed by atoms with Crippen molar-refractivity contribution in [3.63, 3.8) is 0 Å². The van der Waals surface area contributed by atoms with E-state index in [4.69, 9.17) is 9.97 Å². The third-order valence-corrected chi connectivity index (χ3v) is 12.5. The predicted molar refractivity (Wildman–Crippen MR) is 253 cm³/mol. The maximum absolute atomic E-state index is 14.1. The van der Waals surface area contributed by atoms with Gasteiger partial charge in [0.05, 0.1) is 33.3 Å². The predicted octanol–water partition coefficient (Wildman–Crippen LogP) is 13.4. The summed E-state index contributed by atoms with van der Waals surface area (Å²) >= 11 is 0. The number of carboxylic acids is 1. The number of hydrogen-bond acceptors (Lipinski definition) is 5. The van der Waals surface area contributed by atoms with Crippen molar-refractivity contribution in [2.45, 2.75) is 38.1 Å². The van der Waals surface area contributed by atoms with Gasteiger partial charge in [-0.05, 0) is 119 Å². The second-order valence-corrected chi connectivity index (χ2v) is 16.4. The average molecular weight is 820 g/mol. The van der Waals surface area contributed by atoms with Crippen molar-refractivity contribution >= 4 is 61.2 Å². The first-order valence-corrected chi connectivity index (χ1v) is 21.5. The molecule has 0 saturated heterocycles. The van der Waals surface area contributed by atoms with Crippen LogP contribution in [0.25, 0.3) is 88.5 Å². The lowest BCUT2D eigenvalue weighted by atomic mass is 9.86. The van der Waals surface area contributed by atoms with Gasteiger partial charge in [-0.3, -0.25) is 9.78 Å². The topological polar surface area (TPSA) is 110 Å². The molecule has 0 unspecified atom stereocenters. The Bertz CT molecular complexity index is 3410. The van der Waals surface area contributed by atoms with E-state index in [0.29, 0.717) is 28.4 Å². The SMILES string of the molecule is O=C(Nc1ccc2c(-c3ccc4ncccc4c3)c(C(=O)O)c(-c3ccccc3)cc2c1)c1ccc2c(c1)nc(-c1ccc3nc(-c4ccccc4)ccc3c1)n2C1CCCCC1. The van der Waals surface area contributed by atoms with Crippen LogP contribution in [0.15, 0.2) is 170 Å². The summed E-state index contributed by atoms with van der Waals surface area (Å²) in [5.41, 5.74) is 10.6. The van der Waals surface area contributed by atoms with E-state index in [9.17, 15) is 14.7 Å². The molecule has 1 aliphatic carbocycles. The summed E-state index contributed by atoms with van der Waals surface area (Å²) in [5.74, 6) is -0.385. The molecule has 11 rings (SSSR count). The lowest BCUT2D eigenvalue weighted by molar-refractivity contribution is 0.0698. The first-order chi connectivity index (χ1) is 30.9. The number of benzene rings is 7. The van der Waals surface area contributed by atoms with E-state index in [1.165, 1.54) is 19.3 Å². The molecule has 7 aromatic carbocycles. The third-order valence-electron chi connectivity index (χ3n) is 12.5. The quantitative estimate of drug-likeness (QED) is 0.158. The molecule has 10 aromatic rings. The number of rotatable bonds is 8. The van der Waals surface area contributed by atoms with E-state index < -0.39 is 5.97 Å². The number of hydrogen-bond donors (Lipinski definition) is 2. The second kappa shape index (κ2) is 15.8. The summed E-state index contributed by atoms with van der Waals surface area (Å²) in [4.78, 5) is 42.0. The minimum Gasteiger partial charge on any atom is -0.478 e. The van der Waals surface area contributed by atoms with Gasteiger partial charge in [0.2, 0.25) is 0 Å². The first kappa shape index (κ1) is 38.0. The van der Waals surface area contributed by atoms with Gasteiger partial charge < -0.3 is 15.0 Å². The highest BCUT2D eigenvalue weighted by Crippen LogP contribution is 2.41. The maximum atomic E-state index is 14.1. The van der Waals surface area contributed by atoms with Crippen LogP contribution in [-0.2, 0) is 0 Å². The number of nitrogens with one attached hydrogen (secondary N) is 1. The smallest absolute Gasteiger partial charge is 0.336 e. The molecule has 3 heterocycles. The number of carbonyl (C=O) groups is 2. The molecule has 1 aliphatic rings. The van der Waals surface area contributed by atoms with Crippen LogP contribution in [0.3, 0.4) is 0 Å². The first-order valence-electron chi connectivity index (χ1n) is 21.5. The number of nitrogens with zero attached hydrogens (tertiary/aromatic N) is 4. The number of fused-ring (bicyclic) bond motifs is 4. The van der Waals surface area contributed by atoms with Crippen LogP contribution < -0.4 is 5.32 Å². The van der Waals surface area contributed by atoms with Crippen molar-refractivity contribution in [1.82, 2.24) is 19.5 Å². The molecule has 0 spiro atoms. The van der Waals surface area contributed by atoms with Crippen molar-refractivity contribution in [2.24, 2.45) is 0 Å². The van der Waals surface area contributed by atoms with E-state index in [1.807, 2.05) is 121 Å². The van der Waals surface area contributed by atoms with Crippen molar-refractivity contribution in [3.8, 4) is 44.9 Å². The molecule has 8 nitrogen and oxygen atoms in total. The molecule has 2 N–H and O–H groups in total. The van der Waals surface area contributed by atoms with Gasteiger partial charge in [0.15, 0.2) is 0 Å². The summed E-state index contributed by atoms with van der Waals surface area (Å²) < 4.78 is 2.39. The zero-order valence-electron chi connectivity index (χ0n) is 34.3. The molecule has 8 heteroatoms. The molecule has 1 saturated carbocycles. The van der Waals surface area contributed by atoms with Gasteiger partial charge in [0.1, 0.15) is 5.82 Å². The molecular formula is C55H41N5O3. The molecule has 0 atom stereocenters. The number of aromatic carboxylic acids is 1. The van der Waals surface area contributed by atoms with Crippen molar-refractivity contribution in [1.29, 1.82) is 0 Å². The fourth-order valence-corrected chi connectivity index (χ4v) is 9.47. The molecule has 0 aliphatic heterocycles. The van der Waals surface area contributed by atoms with Crippen LogP contribution in [0.5, 0.6) is 0 Å². The largest absolute Gasteiger partial charge is 0.478 e. The Morgan fingerprint density at radius 2 is 1.33 bits per heavy atom. The molecule has 0 radical (unpaired) electrons. The van der Waals surface area contributed by atoms with Crippen LogP contribution in [0.4, 0.5) is 5.69 Å². The fraction of sp³-hybridized carbons (Fsp3) is 0.109. The van der Waals surface area contributed by atoms with Crippen molar-refractivity contribution in [3.05, 3.63) is 181 Å². The van der Waals surface area contributed by atoms with Crippen LogP contribution in [0.2, 0.25) is 0 Å². The number of aromatic nitrogens is 4. The van der Waals surface area contributed by atoms with Crippen LogP contribution in [0.1, 0.15) is 58.9 Å². The Balaban J connectivity index is 0.966. The number of anilines is 1. The van der Waals surface area contributed by atoms with Crippen LogP contribution >= 0.6 is 0 Å². The normalized spacial score (nSPS) is 13.2. The highest BCUT2D eigenvalue weighted by atomic mass is 16.4. The van der Waals surface area contributed by atoms with E-state index >= 15 is 0 Å². The monoisotopic (exact) mass is 819 g/mol. The molecule has 1 fully saturated rings. The van der Waals surface area contributed by atoms with Crippen LogP contribution in [0, 0.1) is 0 Å². The molecule has 3 aromatic heterocycles. The highest BCUT2D eigenvalue weighted by molar-refractivity contribution is 6.15. The van der Waals surface area contributed by atoms with E-state index in [1.54, 1.807) is 6.20 Å². The molecular weight excluding hydrogens is 779 g/mol. The maximum Gasteiger partial charge on any atom is 0.336 e. The van der Waals surface area contributed by atoms with Crippen molar-refractivity contribution in [2.75, 3.05) is 5.32 Å². The summed E-state index contributed by atoms with van der Waals surface area (Å²) in [6.07, 6.45) is 7.49. The fourth-order valence-electron chi connectivity index (χ4n) is 9.47. The number of imidazole rings is 1. The summed E-state index contributed by atoms with van der Waals surface area (Å²) in [5, 5.41) is 17.4. The molecule has 63 heavy (non-hydrogen) atoms. The van der Waals surface area contributed by atoms with Crippen LogP contribution in [-0.4, -0.2) is 36.5 Å². The van der Waals surface area contributed by atoms with Gasteiger partial charge in [-0.15, -0.1) is 0 Å². The Morgan fingerprint density at radius 3 is 2.14 bits per heavy atom. The number of pyridine rings is 2.